The summed E-state index contributed by atoms with van der Waals surface area (Å²) in [7, 11) is 0. The average molecular weight is 357 g/mol. The molecule has 3 aromatic rings. The second kappa shape index (κ2) is 7.47. The highest BCUT2D eigenvalue weighted by molar-refractivity contribution is 7.19. The molecule has 2 N–H and O–H groups in total. The molecule has 6 heteroatoms. The van der Waals surface area contributed by atoms with E-state index in [1.807, 2.05) is 18.7 Å². The van der Waals surface area contributed by atoms with Crippen molar-refractivity contribution in [2.45, 2.75) is 27.3 Å². The predicted octanol–water partition coefficient (Wildman–Crippen LogP) is 3.08. The van der Waals surface area contributed by atoms with Gasteiger partial charge in [-0.3, -0.25) is 9.69 Å². The number of aliphatic hydroxyl groups is 1. The summed E-state index contributed by atoms with van der Waals surface area (Å²) in [4.78, 5) is 24.3. The lowest BCUT2D eigenvalue weighted by Crippen LogP contribution is -2.28. The quantitative estimate of drug-likeness (QED) is 0.711. The maximum Gasteiger partial charge on any atom is 0.260 e. The Hall–Kier alpha value is -2.02. The van der Waals surface area contributed by atoms with Gasteiger partial charge in [0.15, 0.2) is 0 Å². The molecule has 2 heterocycles. The number of fused-ring (bicyclic) bond motifs is 1. The SMILES string of the molecule is CCN(CCO)Cc1nc2sc(C)c(-c3ccc(C)cc3)c2c(=O)[nH]1. The Morgan fingerprint density at radius 3 is 2.60 bits per heavy atom. The van der Waals surface area contributed by atoms with Gasteiger partial charge in [0, 0.05) is 17.0 Å². The second-order valence-electron chi connectivity index (χ2n) is 6.18. The maximum atomic E-state index is 12.7. The van der Waals surface area contributed by atoms with Crippen LogP contribution in [0.3, 0.4) is 0 Å². The summed E-state index contributed by atoms with van der Waals surface area (Å²) in [5, 5.41) is 9.79. The van der Waals surface area contributed by atoms with Crippen LogP contribution >= 0.6 is 11.3 Å². The molecule has 0 radical (unpaired) electrons. The molecule has 25 heavy (non-hydrogen) atoms. The Balaban J connectivity index is 2.06. The van der Waals surface area contributed by atoms with Crippen molar-refractivity contribution in [1.82, 2.24) is 14.9 Å². The minimum absolute atomic E-state index is 0.0933. The van der Waals surface area contributed by atoms with Crippen molar-refractivity contribution in [2.75, 3.05) is 19.7 Å². The third-order valence-electron chi connectivity index (χ3n) is 4.36. The fraction of sp³-hybridized carbons (Fsp3) is 0.368. The number of aliphatic hydroxyl groups excluding tert-OH is 1. The smallest absolute Gasteiger partial charge is 0.260 e. The Morgan fingerprint density at radius 2 is 1.96 bits per heavy atom. The van der Waals surface area contributed by atoms with Gasteiger partial charge in [0.25, 0.3) is 5.56 Å². The molecule has 0 aliphatic heterocycles. The second-order valence-corrected chi connectivity index (χ2v) is 7.39. The number of thiophene rings is 1. The van der Waals surface area contributed by atoms with Crippen molar-refractivity contribution >= 4 is 21.6 Å². The Kier molecular flexibility index (Phi) is 5.32. The van der Waals surface area contributed by atoms with Gasteiger partial charge in [0.1, 0.15) is 10.7 Å². The molecule has 132 valence electrons. The maximum absolute atomic E-state index is 12.7. The molecule has 0 aliphatic carbocycles. The van der Waals surface area contributed by atoms with E-state index in [0.29, 0.717) is 24.3 Å². The zero-order valence-corrected chi connectivity index (χ0v) is 15.6. The van der Waals surface area contributed by atoms with Crippen molar-refractivity contribution in [3.63, 3.8) is 0 Å². The zero-order chi connectivity index (χ0) is 18.0. The van der Waals surface area contributed by atoms with Crippen molar-refractivity contribution in [3.8, 4) is 11.1 Å². The largest absolute Gasteiger partial charge is 0.395 e. The summed E-state index contributed by atoms with van der Waals surface area (Å²) < 4.78 is 0. The number of aromatic amines is 1. The van der Waals surface area contributed by atoms with Crippen LogP contribution in [0.15, 0.2) is 29.1 Å². The molecule has 0 unspecified atom stereocenters. The molecule has 0 saturated heterocycles. The number of hydrogen-bond donors (Lipinski definition) is 2. The van der Waals surface area contributed by atoms with Crippen molar-refractivity contribution in [2.24, 2.45) is 0 Å². The topological polar surface area (TPSA) is 69.2 Å². The molecule has 5 nitrogen and oxygen atoms in total. The number of hydrogen-bond acceptors (Lipinski definition) is 5. The van der Waals surface area contributed by atoms with Crippen LogP contribution in [-0.4, -0.2) is 39.7 Å². The Labute approximate surface area is 151 Å². The number of aromatic nitrogens is 2. The van der Waals surface area contributed by atoms with E-state index in [4.69, 9.17) is 5.11 Å². The molecule has 0 saturated carbocycles. The molecule has 0 fully saturated rings. The summed E-state index contributed by atoms with van der Waals surface area (Å²) in [6.45, 7) is 8.09. The highest BCUT2D eigenvalue weighted by Gasteiger charge is 2.17. The van der Waals surface area contributed by atoms with Gasteiger partial charge in [-0.05, 0) is 26.0 Å². The zero-order valence-electron chi connectivity index (χ0n) is 14.8. The summed E-state index contributed by atoms with van der Waals surface area (Å²) in [5.41, 5.74) is 3.12. The van der Waals surface area contributed by atoms with Crippen LogP contribution in [-0.2, 0) is 6.54 Å². The van der Waals surface area contributed by atoms with Crippen LogP contribution in [0.5, 0.6) is 0 Å². The molecule has 3 rings (SSSR count). The number of benzene rings is 1. The number of likely N-dealkylation sites (N-methyl/N-ethyl adjacent to an activating group) is 1. The van der Waals surface area contributed by atoms with Crippen LogP contribution in [0, 0.1) is 13.8 Å². The fourth-order valence-corrected chi connectivity index (χ4v) is 4.07. The van der Waals surface area contributed by atoms with E-state index in [1.165, 1.54) is 5.56 Å². The van der Waals surface area contributed by atoms with E-state index < -0.39 is 0 Å². The molecular formula is C19H23N3O2S. The van der Waals surface area contributed by atoms with E-state index in [9.17, 15) is 4.79 Å². The van der Waals surface area contributed by atoms with E-state index in [1.54, 1.807) is 11.3 Å². The van der Waals surface area contributed by atoms with Crippen LogP contribution in [0.1, 0.15) is 23.2 Å². The molecule has 2 aromatic heterocycles. The number of nitrogens with one attached hydrogen (secondary N) is 1. The van der Waals surface area contributed by atoms with E-state index >= 15 is 0 Å². The summed E-state index contributed by atoms with van der Waals surface area (Å²) >= 11 is 1.56. The first kappa shape index (κ1) is 17.8. The van der Waals surface area contributed by atoms with Crippen LogP contribution < -0.4 is 5.56 Å². The Bertz CT molecular complexity index is 928. The summed E-state index contributed by atoms with van der Waals surface area (Å²) in [5.74, 6) is 0.643. The monoisotopic (exact) mass is 357 g/mol. The highest BCUT2D eigenvalue weighted by Crippen LogP contribution is 2.35. The van der Waals surface area contributed by atoms with Crippen LogP contribution in [0.25, 0.3) is 21.3 Å². The molecule has 0 bridgehead atoms. The predicted molar refractivity (Wildman–Crippen MR) is 103 cm³/mol. The lowest BCUT2D eigenvalue weighted by Gasteiger charge is -2.18. The summed E-state index contributed by atoms with van der Waals surface area (Å²) in [6, 6.07) is 8.22. The van der Waals surface area contributed by atoms with Gasteiger partial charge < -0.3 is 10.1 Å². The van der Waals surface area contributed by atoms with Gasteiger partial charge in [-0.2, -0.15) is 0 Å². The first-order chi connectivity index (χ1) is 12.0. The molecule has 1 aromatic carbocycles. The minimum atomic E-state index is -0.0972. The first-order valence-corrected chi connectivity index (χ1v) is 9.27. The minimum Gasteiger partial charge on any atom is -0.395 e. The molecular weight excluding hydrogens is 334 g/mol. The molecule has 0 amide bonds. The van der Waals surface area contributed by atoms with Gasteiger partial charge >= 0.3 is 0 Å². The lowest BCUT2D eigenvalue weighted by atomic mass is 10.0. The van der Waals surface area contributed by atoms with E-state index in [-0.39, 0.29) is 12.2 Å². The van der Waals surface area contributed by atoms with Gasteiger partial charge in [-0.25, -0.2) is 4.98 Å². The van der Waals surface area contributed by atoms with Crippen molar-refractivity contribution < 1.29 is 5.11 Å². The van der Waals surface area contributed by atoms with Gasteiger partial charge in [0.05, 0.1) is 18.5 Å². The van der Waals surface area contributed by atoms with Gasteiger partial charge in [-0.1, -0.05) is 36.8 Å². The van der Waals surface area contributed by atoms with E-state index in [0.717, 1.165) is 27.4 Å². The third kappa shape index (κ3) is 3.66. The van der Waals surface area contributed by atoms with Crippen LogP contribution in [0.4, 0.5) is 0 Å². The molecule has 0 atom stereocenters. The average Bonchev–Trinajstić information content (AvgIpc) is 2.91. The number of rotatable bonds is 6. The third-order valence-corrected chi connectivity index (χ3v) is 5.36. The fourth-order valence-electron chi connectivity index (χ4n) is 3.01. The number of H-pyrrole nitrogens is 1. The van der Waals surface area contributed by atoms with Gasteiger partial charge in [0.2, 0.25) is 0 Å². The van der Waals surface area contributed by atoms with Crippen LogP contribution in [0.2, 0.25) is 0 Å². The number of nitrogens with zero attached hydrogens (tertiary/aromatic N) is 2. The van der Waals surface area contributed by atoms with Crippen molar-refractivity contribution in [3.05, 3.63) is 50.9 Å². The normalized spacial score (nSPS) is 11.6. The molecule has 0 spiro atoms. The van der Waals surface area contributed by atoms with E-state index in [2.05, 4.69) is 41.2 Å². The first-order valence-electron chi connectivity index (χ1n) is 8.46. The van der Waals surface area contributed by atoms with Gasteiger partial charge in [-0.15, -0.1) is 11.3 Å². The standard InChI is InChI=1S/C19H23N3O2S/c1-4-22(9-10-23)11-15-20-18(24)17-16(13(3)25-19(17)21-15)14-7-5-12(2)6-8-14/h5-8,23H,4,9-11H2,1-3H3,(H,20,21,24). The summed E-state index contributed by atoms with van der Waals surface area (Å²) in [6.07, 6.45) is 0. The lowest BCUT2D eigenvalue weighted by molar-refractivity contribution is 0.194. The Morgan fingerprint density at radius 1 is 1.24 bits per heavy atom. The molecule has 0 aliphatic rings. The number of aryl methyl sites for hydroxylation is 2. The van der Waals surface area contributed by atoms with Crippen molar-refractivity contribution in [1.29, 1.82) is 0 Å². The highest BCUT2D eigenvalue weighted by atomic mass is 32.1.